The number of hydrogen-bond acceptors (Lipinski definition) is 3. The van der Waals surface area contributed by atoms with E-state index >= 15 is 0 Å². The lowest BCUT2D eigenvalue weighted by atomic mass is 10.1. The molecule has 1 aromatic carbocycles. The first-order chi connectivity index (χ1) is 7.90. The number of aromatic nitrogens is 2. The first-order valence-corrected chi connectivity index (χ1v) is 5.45. The SMILES string of the molecule is CCNCc1cccc(-c2cncnc2)c1. The fourth-order valence-corrected chi connectivity index (χ4v) is 1.58. The Labute approximate surface area is 95.6 Å². The third-order valence-corrected chi connectivity index (χ3v) is 2.40. The van der Waals surface area contributed by atoms with Gasteiger partial charge in [-0.15, -0.1) is 0 Å². The van der Waals surface area contributed by atoms with Crippen LogP contribution in [-0.2, 0) is 6.54 Å². The second kappa shape index (κ2) is 5.37. The molecule has 0 aliphatic heterocycles. The van der Waals surface area contributed by atoms with Gasteiger partial charge < -0.3 is 5.32 Å². The van der Waals surface area contributed by atoms with E-state index in [0.717, 1.165) is 24.2 Å². The molecule has 0 radical (unpaired) electrons. The highest BCUT2D eigenvalue weighted by Gasteiger charge is 1.99. The van der Waals surface area contributed by atoms with Crippen LogP contribution in [0, 0.1) is 0 Å². The molecule has 1 N–H and O–H groups in total. The molecular formula is C13H15N3. The van der Waals surface area contributed by atoms with E-state index in [-0.39, 0.29) is 0 Å². The quantitative estimate of drug-likeness (QED) is 0.846. The first-order valence-electron chi connectivity index (χ1n) is 5.45. The Hall–Kier alpha value is -1.74. The van der Waals surface area contributed by atoms with Crippen molar-refractivity contribution >= 4 is 0 Å². The fourth-order valence-electron chi connectivity index (χ4n) is 1.58. The highest BCUT2D eigenvalue weighted by atomic mass is 14.8. The molecule has 1 aromatic heterocycles. The van der Waals surface area contributed by atoms with Crippen LogP contribution in [0.4, 0.5) is 0 Å². The summed E-state index contributed by atoms with van der Waals surface area (Å²) < 4.78 is 0. The van der Waals surface area contributed by atoms with E-state index in [1.54, 1.807) is 6.33 Å². The Kier molecular flexibility index (Phi) is 3.62. The van der Waals surface area contributed by atoms with Gasteiger partial charge in [0.2, 0.25) is 0 Å². The zero-order valence-electron chi connectivity index (χ0n) is 9.35. The van der Waals surface area contributed by atoms with Crippen LogP contribution < -0.4 is 5.32 Å². The van der Waals surface area contributed by atoms with Crippen molar-refractivity contribution in [2.24, 2.45) is 0 Å². The van der Waals surface area contributed by atoms with Crippen molar-refractivity contribution in [2.75, 3.05) is 6.54 Å². The van der Waals surface area contributed by atoms with Gasteiger partial charge in [0.05, 0.1) is 0 Å². The van der Waals surface area contributed by atoms with Gasteiger partial charge in [0.25, 0.3) is 0 Å². The Morgan fingerprint density at radius 3 is 2.69 bits per heavy atom. The van der Waals surface area contributed by atoms with E-state index in [2.05, 4.69) is 46.5 Å². The minimum Gasteiger partial charge on any atom is -0.313 e. The second-order valence-electron chi connectivity index (χ2n) is 3.61. The molecule has 0 fully saturated rings. The van der Waals surface area contributed by atoms with E-state index < -0.39 is 0 Å². The maximum atomic E-state index is 4.03. The van der Waals surface area contributed by atoms with Crippen LogP contribution >= 0.6 is 0 Å². The van der Waals surface area contributed by atoms with Gasteiger partial charge in [0.15, 0.2) is 0 Å². The van der Waals surface area contributed by atoms with Crippen molar-refractivity contribution < 1.29 is 0 Å². The number of hydrogen-bond donors (Lipinski definition) is 1. The van der Waals surface area contributed by atoms with Gasteiger partial charge in [-0.05, 0) is 23.7 Å². The van der Waals surface area contributed by atoms with E-state index in [9.17, 15) is 0 Å². The van der Waals surface area contributed by atoms with Gasteiger partial charge in [-0.25, -0.2) is 9.97 Å². The Balaban J connectivity index is 2.22. The first kappa shape index (κ1) is 10.8. The van der Waals surface area contributed by atoms with Crippen LogP contribution in [0.25, 0.3) is 11.1 Å². The molecule has 16 heavy (non-hydrogen) atoms. The lowest BCUT2D eigenvalue weighted by Crippen LogP contribution is -2.11. The molecular weight excluding hydrogens is 198 g/mol. The molecule has 0 aliphatic carbocycles. The van der Waals surface area contributed by atoms with Crippen LogP contribution in [-0.4, -0.2) is 16.5 Å². The number of benzene rings is 1. The predicted octanol–water partition coefficient (Wildman–Crippen LogP) is 2.25. The van der Waals surface area contributed by atoms with Crippen LogP contribution in [0.1, 0.15) is 12.5 Å². The maximum absolute atomic E-state index is 4.03. The largest absolute Gasteiger partial charge is 0.313 e. The molecule has 0 saturated heterocycles. The van der Waals surface area contributed by atoms with Crippen molar-refractivity contribution in [1.29, 1.82) is 0 Å². The van der Waals surface area contributed by atoms with Gasteiger partial charge in [-0.1, -0.05) is 25.1 Å². The molecule has 0 bridgehead atoms. The summed E-state index contributed by atoms with van der Waals surface area (Å²) in [6.07, 6.45) is 5.21. The molecule has 2 rings (SSSR count). The Morgan fingerprint density at radius 2 is 1.94 bits per heavy atom. The number of nitrogens with one attached hydrogen (secondary N) is 1. The summed E-state index contributed by atoms with van der Waals surface area (Å²) in [5, 5.41) is 3.31. The lowest BCUT2D eigenvalue weighted by molar-refractivity contribution is 0.727. The van der Waals surface area contributed by atoms with Crippen LogP contribution in [0.15, 0.2) is 43.0 Å². The molecule has 0 amide bonds. The van der Waals surface area contributed by atoms with Gasteiger partial charge >= 0.3 is 0 Å². The smallest absolute Gasteiger partial charge is 0.115 e. The molecule has 0 spiro atoms. The highest BCUT2D eigenvalue weighted by Crippen LogP contribution is 2.18. The summed E-state index contributed by atoms with van der Waals surface area (Å²) >= 11 is 0. The van der Waals surface area contributed by atoms with Crippen molar-refractivity contribution in [3.05, 3.63) is 48.5 Å². The summed E-state index contributed by atoms with van der Waals surface area (Å²) in [4.78, 5) is 8.05. The van der Waals surface area contributed by atoms with Crippen molar-refractivity contribution in [3.63, 3.8) is 0 Å². The van der Waals surface area contributed by atoms with E-state index in [1.165, 1.54) is 5.56 Å². The van der Waals surface area contributed by atoms with E-state index in [4.69, 9.17) is 0 Å². The fraction of sp³-hybridized carbons (Fsp3) is 0.231. The molecule has 0 atom stereocenters. The molecule has 3 nitrogen and oxygen atoms in total. The number of nitrogens with zero attached hydrogens (tertiary/aromatic N) is 2. The minimum atomic E-state index is 0.901. The summed E-state index contributed by atoms with van der Waals surface area (Å²) in [5.74, 6) is 0. The van der Waals surface area contributed by atoms with Crippen molar-refractivity contribution in [1.82, 2.24) is 15.3 Å². The summed E-state index contributed by atoms with van der Waals surface area (Å²) in [7, 11) is 0. The molecule has 82 valence electrons. The summed E-state index contributed by atoms with van der Waals surface area (Å²) in [6, 6.07) is 8.43. The van der Waals surface area contributed by atoms with Crippen LogP contribution in [0.3, 0.4) is 0 Å². The molecule has 0 aliphatic rings. The Morgan fingerprint density at radius 1 is 1.12 bits per heavy atom. The third kappa shape index (κ3) is 2.64. The average Bonchev–Trinajstić information content (AvgIpc) is 2.38. The van der Waals surface area contributed by atoms with Crippen molar-refractivity contribution in [3.8, 4) is 11.1 Å². The molecule has 3 heteroatoms. The monoisotopic (exact) mass is 213 g/mol. The van der Waals surface area contributed by atoms with E-state index in [1.807, 2.05) is 12.4 Å². The molecule has 2 aromatic rings. The predicted molar refractivity (Wildman–Crippen MR) is 64.8 cm³/mol. The molecule has 1 heterocycles. The van der Waals surface area contributed by atoms with Crippen LogP contribution in [0.5, 0.6) is 0 Å². The van der Waals surface area contributed by atoms with Crippen LogP contribution in [0.2, 0.25) is 0 Å². The summed E-state index contributed by atoms with van der Waals surface area (Å²) in [6.45, 7) is 3.99. The van der Waals surface area contributed by atoms with E-state index in [0.29, 0.717) is 0 Å². The highest BCUT2D eigenvalue weighted by molar-refractivity contribution is 5.62. The standard InChI is InChI=1S/C13H15N3/c1-2-14-7-11-4-3-5-12(6-11)13-8-15-10-16-9-13/h3-6,8-10,14H,2,7H2,1H3. The minimum absolute atomic E-state index is 0.901. The number of rotatable bonds is 4. The maximum Gasteiger partial charge on any atom is 0.115 e. The molecule has 0 saturated carbocycles. The van der Waals surface area contributed by atoms with Gasteiger partial charge in [-0.2, -0.15) is 0 Å². The molecule has 0 unspecified atom stereocenters. The Bertz CT molecular complexity index is 440. The normalized spacial score (nSPS) is 10.3. The van der Waals surface area contributed by atoms with Gasteiger partial charge in [0.1, 0.15) is 6.33 Å². The third-order valence-electron chi connectivity index (χ3n) is 2.40. The van der Waals surface area contributed by atoms with Gasteiger partial charge in [0, 0.05) is 24.5 Å². The lowest BCUT2D eigenvalue weighted by Gasteiger charge is -2.05. The summed E-state index contributed by atoms with van der Waals surface area (Å²) in [5.41, 5.74) is 3.50. The zero-order valence-corrected chi connectivity index (χ0v) is 9.35. The second-order valence-corrected chi connectivity index (χ2v) is 3.61. The zero-order chi connectivity index (χ0) is 11.2. The van der Waals surface area contributed by atoms with Crippen molar-refractivity contribution in [2.45, 2.75) is 13.5 Å². The average molecular weight is 213 g/mol. The van der Waals surface area contributed by atoms with Gasteiger partial charge in [-0.3, -0.25) is 0 Å². The topological polar surface area (TPSA) is 37.8 Å².